The molecule has 9 heteroatoms. The molecule has 3 aromatic rings. The van der Waals surface area contributed by atoms with Gasteiger partial charge in [0.05, 0.1) is 18.1 Å². The minimum absolute atomic E-state index is 0.251. The Kier molecular flexibility index (Phi) is 6.28. The molecule has 3 heterocycles. The van der Waals surface area contributed by atoms with Gasteiger partial charge in [-0.2, -0.15) is 9.97 Å². The Morgan fingerprint density at radius 3 is 2.76 bits per heavy atom. The van der Waals surface area contributed by atoms with Crippen LogP contribution in [0.25, 0.3) is 11.1 Å². The molecule has 2 N–H and O–H groups in total. The van der Waals surface area contributed by atoms with Crippen LogP contribution < -0.4 is 20.3 Å². The minimum Gasteiger partial charge on any atom is -0.421 e. The molecule has 178 valence electrons. The first-order chi connectivity index (χ1) is 16.6. The number of aryl methyl sites for hydroxylation is 1. The molecular weight excluding hydrogens is 433 g/mol. The molecule has 2 aliphatic rings. The zero-order valence-electron chi connectivity index (χ0n) is 19.9. The molecule has 2 aromatic heterocycles. The van der Waals surface area contributed by atoms with E-state index in [2.05, 4.69) is 32.4 Å². The summed E-state index contributed by atoms with van der Waals surface area (Å²) in [6, 6.07) is 3.38. The van der Waals surface area contributed by atoms with Crippen LogP contribution in [0.2, 0.25) is 0 Å². The Balaban J connectivity index is 1.59. The molecule has 1 aliphatic heterocycles. The third-order valence-corrected chi connectivity index (χ3v) is 6.57. The summed E-state index contributed by atoms with van der Waals surface area (Å²) in [7, 11) is 1.81. The summed E-state index contributed by atoms with van der Waals surface area (Å²) >= 11 is 0. The maximum Gasteiger partial charge on any atom is 0.324 e. The minimum atomic E-state index is -0.279. The number of aromatic nitrogens is 4. The van der Waals surface area contributed by atoms with Crippen LogP contribution in [0.1, 0.15) is 36.8 Å². The summed E-state index contributed by atoms with van der Waals surface area (Å²) in [5.41, 5.74) is 4.38. The summed E-state index contributed by atoms with van der Waals surface area (Å²) in [5, 5.41) is 6.63. The van der Waals surface area contributed by atoms with E-state index in [9.17, 15) is 4.39 Å². The van der Waals surface area contributed by atoms with E-state index in [0.29, 0.717) is 23.9 Å². The zero-order chi connectivity index (χ0) is 23.7. The van der Waals surface area contributed by atoms with Crippen molar-refractivity contribution in [2.45, 2.75) is 33.1 Å². The number of piperidine rings is 1. The molecule has 1 saturated heterocycles. The van der Waals surface area contributed by atoms with Crippen molar-refractivity contribution in [3.63, 3.8) is 0 Å². The Morgan fingerprint density at radius 2 is 2.06 bits per heavy atom. The lowest BCUT2D eigenvalue weighted by molar-refractivity contribution is 0.376. The standard InChI is InChI=1S/C25H30FN7O/c1-4-33(14-16-6-5-7-28-11-16)24-23-20-8-17(26)9-21(27-3)19(20)10-22(23)31-25(32-24)34-18-12-29-15(2)30-13-18/h8-9,12-13,16,27-28H,4-7,10-11,14H2,1-3H3. The molecule has 5 rings (SSSR count). The average molecular weight is 464 g/mol. The Bertz CT molecular complexity index is 1180. The van der Waals surface area contributed by atoms with Crippen molar-refractivity contribution < 1.29 is 9.13 Å². The van der Waals surface area contributed by atoms with Crippen molar-refractivity contribution in [3.8, 4) is 22.9 Å². The van der Waals surface area contributed by atoms with Crippen LogP contribution in [0.4, 0.5) is 15.9 Å². The smallest absolute Gasteiger partial charge is 0.324 e. The Morgan fingerprint density at radius 1 is 1.24 bits per heavy atom. The maximum absolute atomic E-state index is 14.5. The van der Waals surface area contributed by atoms with Crippen LogP contribution in [-0.2, 0) is 6.42 Å². The van der Waals surface area contributed by atoms with E-state index in [1.807, 2.05) is 14.0 Å². The summed E-state index contributed by atoms with van der Waals surface area (Å²) in [6.45, 7) is 7.65. The van der Waals surface area contributed by atoms with Crippen LogP contribution in [0.5, 0.6) is 11.8 Å². The van der Waals surface area contributed by atoms with Gasteiger partial charge in [0.25, 0.3) is 0 Å². The average Bonchev–Trinajstić information content (AvgIpc) is 3.22. The van der Waals surface area contributed by atoms with Gasteiger partial charge in [-0.1, -0.05) is 0 Å². The van der Waals surface area contributed by atoms with E-state index in [1.54, 1.807) is 18.5 Å². The van der Waals surface area contributed by atoms with Gasteiger partial charge in [-0.15, -0.1) is 0 Å². The highest BCUT2D eigenvalue weighted by Gasteiger charge is 2.31. The van der Waals surface area contributed by atoms with E-state index in [-0.39, 0.29) is 11.8 Å². The van der Waals surface area contributed by atoms with Crippen molar-refractivity contribution in [3.05, 3.63) is 47.4 Å². The monoisotopic (exact) mass is 463 g/mol. The SMILES string of the molecule is CCN(CC1CCCNC1)c1nc(Oc2cnc(C)nc2)nc2c1-c1cc(F)cc(NC)c1C2. The fraction of sp³-hybridized carbons (Fsp3) is 0.440. The molecular formula is C25H30FN7O. The van der Waals surface area contributed by atoms with Crippen molar-refractivity contribution in [1.29, 1.82) is 0 Å². The van der Waals surface area contributed by atoms with Crippen molar-refractivity contribution in [2.75, 3.05) is 43.4 Å². The lowest BCUT2D eigenvalue weighted by Crippen LogP contribution is -2.39. The highest BCUT2D eigenvalue weighted by atomic mass is 19.1. The topological polar surface area (TPSA) is 88.1 Å². The molecule has 0 bridgehead atoms. The van der Waals surface area contributed by atoms with Gasteiger partial charge in [0, 0.05) is 37.8 Å². The number of nitrogens with zero attached hydrogens (tertiary/aromatic N) is 5. The first kappa shape index (κ1) is 22.5. The van der Waals surface area contributed by atoms with Gasteiger partial charge in [-0.3, -0.25) is 0 Å². The molecule has 0 spiro atoms. The molecule has 34 heavy (non-hydrogen) atoms. The van der Waals surface area contributed by atoms with Crippen molar-refractivity contribution >= 4 is 11.5 Å². The first-order valence-electron chi connectivity index (χ1n) is 11.9. The summed E-state index contributed by atoms with van der Waals surface area (Å²) in [6.07, 6.45) is 6.17. The van der Waals surface area contributed by atoms with E-state index in [0.717, 1.165) is 60.1 Å². The Labute approximate surface area is 199 Å². The molecule has 1 aromatic carbocycles. The highest BCUT2D eigenvalue weighted by molar-refractivity contribution is 5.88. The molecule has 1 aliphatic carbocycles. The first-order valence-corrected chi connectivity index (χ1v) is 11.9. The predicted octanol–water partition coefficient (Wildman–Crippen LogP) is 3.95. The van der Waals surface area contributed by atoms with E-state index in [4.69, 9.17) is 14.7 Å². The van der Waals surface area contributed by atoms with Crippen LogP contribution in [0.3, 0.4) is 0 Å². The summed E-state index contributed by atoms with van der Waals surface area (Å²) < 4.78 is 20.5. The summed E-state index contributed by atoms with van der Waals surface area (Å²) in [4.78, 5) is 20.3. The fourth-order valence-electron chi connectivity index (χ4n) is 4.89. The van der Waals surface area contributed by atoms with Gasteiger partial charge >= 0.3 is 6.01 Å². The Hall–Kier alpha value is -3.33. The van der Waals surface area contributed by atoms with Gasteiger partial charge in [0.2, 0.25) is 0 Å². The lowest BCUT2D eigenvalue weighted by atomic mass is 9.98. The number of nitrogens with one attached hydrogen (secondary N) is 2. The van der Waals surface area contributed by atoms with Crippen LogP contribution in [-0.4, -0.2) is 53.2 Å². The predicted molar refractivity (Wildman–Crippen MR) is 130 cm³/mol. The largest absolute Gasteiger partial charge is 0.421 e. The van der Waals surface area contributed by atoms with Gasteiger partial charge in [-0.05, 0) is 69.0 Å². The van der Waals surface area contributed by atoms with Crippen LogP contribution >= 0.6 is 0 Å². The number of hydrogen-bond acceptors (Lipinski definition) is 8. The molecule has 0 saturated carbocycles. The highest BCUT2D eigenvalue weighted by Crippen LogP contribution is 2.45. The second-order valence-electron chi connectivity index (χ2n) is 8.88. The third-order valence-electron chi connectivity index (χ3n) is 6.57. The van der Waals surface area contributed by atoms with Crippen molar-refractivity contribution in [2.24, 2.45) is 5.92 Å². The zero-order valence-corrected chi connectivity index (χ0v) is 19.9. The van der Waals surface area contributed by atoms with E-state index >= 15 is 0 Å². The fourth-order valence-corrected chi connectivity index (χ4v) is 4.89. The molecule has 0 radical (unpaired) electrons. The van der Waals surface area contributed by atoms with Gasteiger partial charge in [0.1, 0.15) is 17.5 Å². The number of rotatable bonds is 7. The lowest BCUT2D eigenvalue weighted by Gasteiger charge is -2.31. The second kappa shape index (κ2) is 9.50. The number of fused-ring (bicyclic) bond motifs is 3. The number of benzene rings is 1. The number of hydrogen-bond donors (Lipinski definition) is 2. The second-order valence-corrected chi connectivity index (χ2v) is 8.88. The quantitative estimate of drug-likeness (QED) is 0.426. The maximum atomic E-state index is 14.5. The van der Waals surface area contributed by atoms with Crippen LogP contribution in [0.15, 0.2) is 24.5 Å². The van der Waals surface area contributed by atoms with E-state index < -0.39 is 0 Å². The third kappa shape index (κ3) is 4.40. The van der Waals surface area contributed by atoms with Gasteiger partial charge < -0.3 is 20.3 Å². The van der Waals surface area contributed by atoms with E-state index in [1.165, 1.54) is 18.9 Å². The number of ether oxygens (including phenoxy) is 1. The normalized spacial score (nSPS) is 16.6. The summed E-state index contributed by atoms with van der Waals surface area (Å²) in [5.74, 6) is 2.17. The molecule has 8 nitrogen and oxygen atoms in total. The number of anilines is 2. The van der Waals surface area contributed by atoms with Crippen LogP contribution in [0, 0.1) is 18.7 Å². The van der Waals surface area contributed by atoms with Crippen molar-refractivity contribution in [1.82, 2.24) is 25.3 Å². The molecule has 1 atom stereocenters. The van der Waals surface area contributed by atoms with Gasteiger partial charge in [-0.25, -0.2) is 14.4 Å². The molecule has 1 fully saturated rings. The molecule has 1 unspecified atom stereocenters. The molecule has 0 amide bonds. The number of halogens is 1. The van der Waals surface area contributed by atoms with Gasteiger partial charge in [0.15, 0.2) is 5.75 Å².